The van der Waals surface area contributed by atoms with Gasteiger partial charge < -0.3 is 72.6 Å². The molecule has 0 aliphatic heterocycles. The maximum Gasteiger partial charge on any atom is 0.326 e. The van der Waals surface area contributed by atoms with Crippen LogP contribution in [0.5, 0.6) is 0 Å². The zero-order chi connectivity index (χ0) is 59.8. The third-order valence-corrected chi connectivity index (χ3v) is 12.3. The van der Waals surface area contributed by atoms with E-state index in [1.807, 2.05) is 13.8 Å². The molecule has 26 nitrogen and oxygen atoms in total. The normalized spacial score (nSPS) is 12.7. The first kappa shape index (κ1) is 75.1. The van der Waals surface area contributed by atoms with E-state index in [-0.39, 0.29) is 77.9 Å². The molecule has 0 radical (unpaired) electrons. The van der Waals surface area contributed by atoms with Gasteiger partial charge in [0.05, 0.1) is 25.9 Å². The van der Waals surface area contributed by atoms with Crippen LogP contribution in [-0.2, 0) is 67.0 Å². The van der Waals surface area contributed by atoms with Crippen molar-refractivity contribution in [2.75, 3.05) is 39.5 Å². The van der Waals surface area contributed by atoms with Gasteiger partial charge in [0.15, 0.2) is 0 Å². The summed E-state index contributed by atoms with van der Waals surface area (Å²) in [5.41, 5.74) is 5.59. The number of ether oxygens (including phenoxy) is 2. The lowest BCUT2D eigenvalue weighted by molar-refractivity contribution is -0.144. The number of carbonyl (C=O) groups excluding carboxylic acids is 7. The van der Waals surface area contributed by atoms with Crippen LogP contribution in [0.25, 0.3) is 0 Å². The van der Waals surface area contributed by atoms with Crippen LogP contribution in [0.2, 0.25) is 0 Å². The Labute approximate surface area is 468 Å². The smallest absolute Gasteiger partial charge is 0.326 e. The van der Waals surface area contributed by atoms with E-state index in [0.717, 1.165) is 57.8 Å². The van der Waals surface area contributed by atoms with Gasteiger partial charge in [0.1, 0.15) is 30.8 Å². The monoisotopic (exact) mass is 1150 g/mol. The molecular formula is C52H91N7O19S. The summed E-state index contributed by atoms with van der Waals surface area (Å²) in [6, 6.07) is -6.49. The van der Waals surface area contributed by atoms with E-state index in [1.54, 1.807) is 0 Å². The first-order valence-electron chi connectivity index (χ1n) is 27.6. The highest BCUT2D eigenvalue weighted by atomic mass is 32.1. The molecule has 5 atom stereocenters. The summed E-state index contributed by atoms with van der Waals surface area (Å²) in [6.07, 6.45) is 13.4. The molecule has 79 heavy (non-hydrogen) atoms. The molecule has 0 aromatic rings. The Morgan fingerprint density at radius 2 is 0.709 bits per heavy atom. The predicted octanol–water partition coefficient (Wildman–Crippen LogP) is 2.96. The summed E-state index contributed by atoms with van der Waals surface area (Å²) in [5.74, 6) is -10.3. The van der Waals surface area contributed by atoms with E-state index in [4.69, 9.17) is 20.3 Å². The van der Waals surface area contributed by atoms with E-state index >= 15 is 0 Å². The third-order valence-electron chi connectivity index (χ3n) is 12.0. The van der Waals surface area contributed by atoms with E-state index < -0.39 is 126 Å². The minimum absolute atomic E-state index is 0.00463. The van der Waals surface area contributed by atoms with Gasteiger partial charge in [0.25, 0.3) is 0 Å². The quantitative estimate of drug-likeness (QED) is 0.0307. The molecule has 0 aliphatic rings. The Hall–Kier alpha value is -5.93. The lowest BCUT2D eigenvalue weighted by Gasteiger charge is -2.17. The van der Waals surface area contributed by atoms with Gasteiger partial charge in [-0.15, -0.1) is 12.6 Å². The van der Waals surface area contributed by atoms with Crippen molar-refractivity contribution in [3.63, 3.8) is 0 Å². The molecule has 2 unspecified atom stereocenters. The molecule has 0 saturated heterocycles. The Balaban J connectivity index is 0. The number of thiol groups is 1. The molecule has 27 heteroatoms. The first-order valence-corrected chi connectivity index (χ1v) is 28.0. The number of carboxylic acid groups (broad SMARTS) is 5. The minimum atomic E-state index is -1.52. The zero-order valence-corrected chi connectivity index (χ0v) is 47.1. The average molecular weight is 1150 g/mol. The van der Waals surface area contributed by atoms with Crippen LogP contribution in [0.15, 0.2) is 0 Å². The van der Waals surface area contributed by atoms with Crippen molar-refractivity contribution in [2.24, 2.45) is 5.73 Å². The molecule has 0 bridgehead atoms. The standard InChI is InChI=1S/C50H85N7O19S.C2H6/c51-34(50(74)77)17-15-16-28-52-39(58)24-20-35(46(66)67)55-43(62)27-23-38(49(72)73)57-44(63)33-76-32-31-75-30-29-53-40(59)25-21-36(47(68)69)56-42(61)26-22-37(48(70)71)54-41(60)18-13-11-9-7-5-3-1-2-4-6-8-10-12-14-19-45(64)65;1-2/h34-38H,1-33,51H2,(H,52,58)(H,53,59)(H,54,60)(H,55,62)(H,56,61)(H,57,63)(H,64,65)(H,66,67)(H,68,69)(H,70,71)(H,72,73)(H,74,77);1-2H3/t34-,35-,36?,37-,38?;/m0./s1. The van der Waals surface area contributed by atoms with Crippen LogP contribution in [0.4, 0.5) is 0 Å². The number of unbranched alkanes of at least 4 members (excludes halogenated alkanes) is 14. The van der Waals surface area contributed by atoms with Gasteiger partial charge in [-0.2, -0.15) is 0 Å². The van der Waals surface area contributed by atoms with Gasteiger partial charge in [-0.25, -0.2) is 19.2 Å². The van der Waals surface area contributed by atoms with Crippen molar-refractivity contribution in [3.8, 4) is 0 Å². The Morgan fingerprint density at radius 3 is 1.09 bits per heavy atom. The topological polar surface area (TPSA) is 423 Å². The van der Waals surface area contributed by atoms with Gasteiger partial charge in [-0.3, -0.25) is 38.4 Å². The van der Waals surface area contributed by atoms with Crippen molar-refractivity contribution >= 4 is 83.0 Å². The minimum Gasteiger partial charge on any atom is -0.481 e. The number of aliphatic carboxylic acids is 5. The second kappa shape index (κ2) is 49.1. The number of carboxylic acids is 5. The van der Waals surface area contributed by atoms with Crippen LogP contribution >= 0.6 is 12.6 Å². The average Bonchev–Trinajstić information content (AvgIpc) is 3.39. The largest absolute Gasteiger partial charge is 0.481 e. The Morgan fingerprint density at radius 1 is 0.380 bits per heavy atom. The van der Waals surface area contributed by atoms with E-state index in [1.165, 1.54) is 25.7 Å². The van der Waals surface area contributed by atoms with E-state index in [2.05, 4.69) is 44.5 Å². The zero-order valence-electron chi connectivity index (χ0n) is 46.2. The lowest BCUT2D eigenvalue weighted by Crippen LogP contribution is -2.45. The number of rotatable bonds is 51. The first-order chi connectivity index (χ1) is 37.6. The molecule has 0 rings (SSSR count). The van der Waals surface area contributed by atoms with E-state index in [9.17, 15) is 78.0 Å². The third kappa shape index (κ3) is 45.6. The van der Waals surface area contributed by atoms with Crippen LogP contribution in [0.1, 0.15) is 187 Å². The molecule has 6 amide bonds. The van der Waals surface area contributed by atoms with Gasteiger partial charge in [0, 0.05) is 51.6 Å². The van der Waals surface area contributed by atoms with Gasteiger partial charge in [-0.1, -0.05) is 90.9 Å². The molecule has 0 fully saturated rings. The maximum atomic E-state index is 12.6. The summed E-state index contributed by atoms with van der Waals surface area (Å²) in [7, 11) is 0. The van der Waals surface area contributed by atoms with Crippen LogP contribution < -0.4 is 37.6 Å². The van der Waals surface area contributed by atoms with Crippen molar-refractivity contribution in [1.29, 1.82) is 0 Å². The van der Waals surface area contributed by atoms with Crippen LogP contribution in [-0.4, -0.2) is 166 Å². The maximum absolute atomic E-state index is 12.6. The molecular weight excluding hydrogens is 1060 g/mol. The lowest BCUT2D eigenvalue weighted by atomic mass is 10.0. The molecule has 454 valence electrons. The SMILES string of the molecule is CC.N[C@@H](CCCCNC(=O)CC[C@H](NC(=O)CCC(NC(=O)COCCOCCNC(=O)CCC(NC(=O)CC[C@H](NC(=O)CCCCCCCCCCCCCCCCC(=O)O)C(=O)O)C(=O)O)C(=O)O)C(=O)O)C(=O)S. The Bertz CT molecular complexity index is 1850. The van der Waals surface area contributed by atoms with Crippen molar-refractivity contribution in [2.45, 2.75) is 217 Å². The highest BCUT2D eigenvalue weighted by Crippen LogP contribution is 2.14. The number of nitrogens with one attached hydrogen (secondary N) is 6. The number of hydrogen-bond donors (Lipinski definition) is 13. The molecule has 0 aromatic carbocycles. The summed E-state index contributed by atoms with van der Waals surface area (Å²) < 4.78 is 10.5. The molecule has 0 saturated carbocycles. The molecule has 0 heterocycles. The number of hydrogen-bond acceptors (Lipinski definition) is 15. The fourth-order valence-corrected chi connectivity index (χ4v) is 7.64. The van der Waals surface area contributed by atoms with Gasteiger partial charge in [-0.05, 0) is 57.8 Å². The molecule has 0 aliphatic carbocycles. The van der Waals surface area contributed by atoms with Crippen LogP contribution in [0.3, 0.4) is 0 Å². The van der Waals surface area contributed by atoms with Gasteiger partial charge in [0.2, 0.25) is 40.6 Å². The fraction of sp³-hybridized carbons (Fsp3) is 0.769. The highest BCUT2D eigenvalue weighted by Gasteiger charge is 2.26. The van der Waals surface area contributed by atoms with Crippen molar-refractivity contribution in [3.05, 3.63) is 0 Å². The Kier molecular flexibility index (Phi) is 46.7. The van der Waals surface area contributed by atoms with Gasteiger partial charge >= 0.3 is 29.8 Å². The second-order valence-corrected chi connectivity index (χ2v) is 19.1. The second-order valence-electron chi connectivity index (χ2n) is 18.6. The molecule has 0 spiro atoms. The van der Waals surface area contributed by atoms with E-state index in [0.29, 0.717) is 25.7 Å². The number of nitrogens with two attached hydrogens (primary N) is 1. The molecule has 0 aromatic heterocycles. The van der Waals surface area contributed by atoms with Crippen molar-refractivity contribution in [1.82, 2.24) is 31.9 Å². The summed E-state index contributed by atoms with van der Waals surface area (Å²) in [5, 5.41) is 60.7. The predicted molar refractivity (Wildman–Crippen MR) is 292 cm³/mol. The number of carbonyl (C=O) groups is 12. The fourth-order valence-electron chi connectivity index (χ4n) is 7.51. The molecule has 13 N–H and O–H groups in total. The summed E-state index contributed by atoms with van der Waals surface area (Å²) >= 11 is 3.65. The summed E-state index contributed by atoms with van der Waals surface area (Å²) in [6.45, 7) is 3.52. The number of amides is 6. The highest BCUT2D eigenvalue weighted by molar-refractivity contribution is 7.96. The summed E-state index contributed by atoms with van der Waals surface area (Å²) in [4.78, 5) is 143. The van der Waals surface area contributed by atoms with Crippen molar-refractivity contribution < 1.29 is 92.5 Å². The van der Waals surface area contributed by atoms with Crippen LogP contribution in [0, 0.1) is 0 Å².